The number of nitrogens with two attached hydrogens (primary N) is 1. The van der Waals surface area contributed by atoms with Crippen molar-refractivity contribution in [2.24, 2.45) is 5.73 Å². The number of anilines is 1. The third-order valence-electron chi connectivity index (χ3n) is 3.12. The van der Waals surface area contributed by atoms with Crippen molar-refractivity contribution in [1.82, 2.24) is 0 Å². The van der Waals surface area contributed by atoms with E-state index in [-0.39, 0.29) is 6.54 Å². The van der Waals surface area contributed by atoms with Crippen molar-refractivity contribution in [2.75, 3.05) is 11.4 Å². The molecule has 110 valence electrons. The normalized spacial score (nSPS) is 10.4. The molecule has 2 aromatic carbocycles. The maximum atomic E-state index is 13.8. The van der Waals surface area contributed by atoms with Gasteiger partial charge in [0.05, 0.1) is 4.99 Å². The summed E-state index contributed by atoms with van der Waals surface area (Å²) in [6.07, 6.45) is 0.515. The minimum absolute atomic E-state index is 0.260. The molecule has 0 bridgehead atoms. The molecular weight excluding hydrogens is 290 g/mol. The molecule has 5 heteroatoms. The summed E-state index contributed by atoms with van der Waals surface area (Å²) in [5, 5.41) is 0. The molecule has 2 rings (SSSR count). The van der Waals surface area contributed by atoms with Gasteiger partial charge < -0.3 is 10.6 Å². The number of rotatable bonds is 6. The average molecular weight is 306 g/mol. The molecule has 21 heavy (non-hydrogen) atoms. The molecule has 0 unspecified atom stereocenters. The molecule has 0 aliphatic carbocycles. The number of para-hydroxylation sites is 1. The van der Waals surface area contributed by atoms with E-state index in [9.17, 15) is 8.78 Å². The van der Waals surface area contributed by atoms with Crippen molar-refractivity contribution in [3.05, 3.63) is 65.7 Å². The fourth-order valence-corrected chi connectivity index (χ4v) is 2.14. The maximum Gasteiger partial charge on any atom is 0.128 e. The SMILES string of the molecule is NC(=S)CCN(Cc1cc(F)ccc1F)c1ccccc1. The second kappa shape index (κ2) is 7.13. The summed E-state index contributed by atoms with van der Waals surface area (Å²) < 4.78 is 27.1. The lowest BCUT2D eigenvalue weighted by Gasteiger charge is -2.25. The second-order valence-corrected chi connectivity index (χ2v) is 5.23. The topological polar surface area (TPSA) is 29.3 Å². The Bertz CT molecular complexity index is 617. The summed E-state index contributed by atoms with van der Waals surface area (Å²) in [6.45, 7) is 0.811. The third kappa shape index (κ3) is 4.49. The van der Waals surface area contributed by atoms with E-state index >= 15 is 0 Å². The summed E-state index contributed by atoms with van der Waals surface area (Å²) in [4.78, 5) is 2.33. The Morgan fingerprint density at radius 1 is 1.10 bits per heavy atom. The molecule has 0 saturated carbocycles. The van der Waals surface area contributed by atoms with E-state index in [0.29, 0.717) is 23.5 Å². The van der Waals surface area contributed by atoms with Gasteiger partial charge in [0.25, 0.3) is 0 Å². The van der Waals surface area contributed by atoms with Crippen LogP contribution in [0.1, 0.15) is 12.0 Å². The van der Waals surface area contributed by atoms with Crippen LogP contribution in [0.15, 0.2) is 48.5 Å². The van der Waals surface area contributed by atoms with E-state index in [1.165, 1.54) is 6.07 Å². The Kier molecular flexibility index (Phi) is 5.22. The Hall–Kier alpha value is -2.01. The molecule has 0 fully saturated rings. The van der Waals surface area contributed by atoms with Gasteiger partial charge >= 0.3 is 0 Å². The smallest absolute Gasteiger partial charge is 0.128 e. The van der Waals surface area contributed by atoms with E-state index in [0.717, 1.165) is 17.8 Å². The van der Waals surface area contributed by atoms with Crippen LogP contribution in [0.4, 0.5) is 14.5 Å². The number of benzene rings is 2. The predicted molar refractivity (Wildman–Crippen MR) is 85.3 cm³/mol. The van der Waals surface area contributed by atoms with Crippen LogP contribution in [0.5, 0.6) is 0 Å². The highest BCUT2D eigenvalue weighted by Crippen LogP contribution is 2.19. The molecule has 0 aliphatic rings. The summed E-state index contributed by atoms with van der Waals surface area (Å²) >= 11 is 4.89. The van der Waals surface area contributed by atoms with Crippen LogP contribution in [0, 0.1) is 11.6 Å². The van der Waals surface area contributed by atoms with Gasteiger partial charge in [-0.2, -0.15) is 0 Å². The molecule has 2 nitrogen and oxygen atoms in total. The van der Waals surface area contributed by atoms with E-state index < -0.39 is 11.6 Å². The molecule has 0 aliphatic heterocycles. The first-order valence-electron chi connectivity index (χ1n) is 6.58. The lowest BCUT2D eigenvalue weighted by molar-refractivity contribution is 0.581. The fraction of sp³-hybridized carbons (Fsp3) is 0.188. The van der Waals surface area contributed by atoms with Crippen molar-refractivity contribution in [3.8, 4) is 0 Å². The van der Waals surface area contributed by atoms with Crippen LogP contribution in [0.25, 0.3) is 0 Å². The van der Waals surface area contributed by atoms with Crippen LogP contribution < -0.4 is 10.6 Å². The van der Waals surface area contributed by atoms with Crippen molar-refractivity contribution in [1.29, 1.82) is 0 Å². The molecule has 0 amide bonds. The zero-order chi connectivity index (χ0) is 15.2. The predicted octanol–water partition coefficient (Wildman–Crippen LogP) is 3.65. The van der Waals surface area contributed by atoms with Crippen molar-refractivity contribution in [3.63, 3.8) is 0 Å². The van der Waals surface area contributed by atoms with Crippen molar-refractivity contribution < 1.29 is 8.78 Å². The fourth-order valence-electron chi connectivity index (χ4n) is 2.05. The zero-order valence-corrected chi connectivity index (χ0v) is 12.2. The molecule has 2 aromatic rings. The molecule has 2 N–H and O–H groups in total. The van der Waals surface area contributed by atoms with Gasteiger partial charge in [-0.15, -0.1) is 0 Å². The average Bonchev–Trinajstić information content (AvgIpc) is 2.47. The van der Waals surface area contributed by atoms with E-state index in [2.05, 4.69) is 0 Å². The summed E-state index contributed by atoms with van der Waals surface area (Å²) in [5.41, 5.74) is 6.76. The monoisotopic (exact) mass is 306 g/mol. The van der Waals surface area contributed by atoms with Gasteiger partial charge in [-0.3, -0.25) is 0 Å². The van der Waals surface area contributed by atoms with E-state index in [4.69, 9.17) is 18.0 Å². The lowest BCUT2D eigenvalue weighted by atomic mass is 10.1. The first kappa shape index (κ1) is 15.4. The van der Waals surface area contributed by atoms with Crippen LogP contribution in [0.2, 0.25) is 0 Å². The van der Waals surface area contributed by atoms with Crippen LogP contribution in [-0.4, -0.2) is 11.5 Å². The van der Waals surface area contributed by atoms with Gasteiger partial charge in [-0.05, 0) is 30.3 Å². The first-order chi connectivity index (χ1) is 10.1. The van der Waals surface area contributed by atoms with Crippen molar-refractivity contribution in [2.45, 2.75) is 13.0 Å². The highest BCUT2D eigenvalue weighted by molar-refractivity contribution is 7.80. The van der Waals surface area contributed by atoms with Crippen LogP contribution in [0.3, 0.4) is 0 Å². The molecule has 0 heterocycles. The molecule has 0 atom stereocenters. The Morgan fingerprint density at radius 3 is 2.48 bits per heavy atom. The summed E-state index contributed by atoms with van der Waals surface area (Å²) in [7, 11) is 0. The number of hydrogen-bond acceptors (Lipinski definition) is 2. The first-order valence-corrected chi connectivity index (χ1v) is 6.99. The number of thiocarbonyl (C=S) groups is 1. The minimum Gasteiger partial charge on any atom is -0.393 e. The molecular formula is C16H16F2N2S. The quantitative estimate of drug-likeness (QED) is 0.826. The highest BCUT2D eigenvalue weighted by Gasteiger charge is 2.11. The zero-order valence-electron chi connectivity index (χ0n) is 11.4. The lowest BCUT2D eigenvalue weighted by Crippen LogP contribution is -2.27. The second-order valence-electron chi connectivity index (χ2n) is 4.71. The van der Waals surface area contributed by atoms with Crippen LogP contribution >= 0.6 is 12.2 Å². The minimum atomic E-state index is -0.450. The molecule has 0 aromatic heterocycles. The Labute approximate surface area is 128 Å². The van der Waals surface area contributed by atoms with E-state index in [1.54, 1.807) is 0 Å². The van der Waals surface area contributed by atoms with E-state index in [1.807, 2.05) is 35.2 Å². The summed E-state index contributed by atoms with van der Waals surface area (Å²) in [5.74, 6) is -0.874. The van der Waals surface area contributed by atoms with Gasteiger partial charge in [0.1, 0.15) is 11.6 Å². The number of halogens is 2. The molecule has 0 saturated heterocycles. The molecule has 0 spiro atoms. The van der Waals surface area contributed by atoms with Gasteiger partial charge in [0, 0.05) is 30.8 Å². The van der Waals surface area contributed by atoms with Crippen molar-refractivity contribution >= 4 is 22.9 Å². The highest BCUT2D eigenvalue weighted by atomic mass is 32.1. The maximum absolute atomic E-state index is 13.8. The number of nitrogens with zero attached hydrogens (tertiary/aromatic N) is 1. The largest absolute Gasteiger partial charge is 0.393 e. The van der Waals surface area contributed by atoms with Gasteiger partial charge in [0.15, 0.2) is 0 Å². The third-order valence-corrected chi connectivity index (χ3v) is 3.32. The Morgan fingerprint density at radius 2 is 1.81 bits per heavy atom. The van der Waals surface area contributed by atoms with Gasteiger partial charge in [-0.25, -0.2) is 8.78 Å². The summed E-state index contributed by atoms with van der Waals surface area (Å²) in [6, 6.07) is 13.0. The number of hydrogen-bond donors (Lipinski definition) is 1. The van der Waals surface area contributed by atoms with Gasteiger partial charge in [0.2, 0.25) is 0 Å². The van der Waals surface area contributed by atoms with Crippen LogP contribution in [-0.2, 0) is 6.54 Å². The molecule has 0 radical (unpaired) electrons. The standard InChI is InChI=1S/C16H16F2N2S/c17-13-6-7-15(18)12(10-13)11-20(9-8-16(19)21)14-4-2-1-3-5-14/h1-7,10H,8-9,11H2,(H2,19,21). The Balaban J connectivity index is 2.23. The van der Waals surface area contributed by atoms with Gasteiger partial charge in [-0.1, -0.05) is 30.4 Å².